The number of nitrogens with one attached hydrogen (secondary N) is 2. The van der Waals surface area contributed by atoms with Crippen LogP contribution >= 0.6 is 12.4 Å². The molecule has 11 heteroatoms. The van der Waals surface area contributed by atoms with Crippen molar-refractivity contribution in [1.82, 2.24) is 4.72 Å². The van der Waals surface area contributed by atoms with Crippen molar-refractivity contribution in [2.45, 2.75) is 31.1 Å². The molecule has 0 saturated carbocycles. The minimum atomic E-state index is -3.84. The molecule has 0 amide bonds. The second-order valence-corrected chi connectivity index (χ2v) is 8.56. The molecule has 0 atom stereocenters. The van der Waals surface area contributed by atoms with Crippen molar-refractivity contribution < 1.29 is 21.2 Å². The monoisotopic (exact) mass is 403 g/mol. The van der Waals surface area contributed by atoms with E-state index in [9.17, 15) is 21.2 Å². The summed E-state index contributed by atoms with van der Waals surface area (Å²) in [5, 5.41) is 0. The van der Waals surface area contributed by atoms with Gasteiger partial charge in [0.25, 0.3) is 0 Å². The predicted octanol–water partition coefficient (Wildman–Crippen LogP) is 1.42. The summed E-state index contributed by atoms with van der Waals surface area (Å²) in [6.45, 7) is 2.34. The van der Waals surface area contributed by atoms with Gasteiger partial charge >= 0.3 is 0 Å². The lowest BCUT2D eigenvalue weighted by Crippen LogP contribution is -2.25. The normalized spacial score (nSPS) is 11.8. The quantitative estimate of drug-likeness (QED) is 0.510. The molecule has 1 rings (SSSR count). The van der Waals surface area contributed by atoms with Crippen LogP contribution in [0.25, 0.3) is 0 Å². The van der Waals surface area contributed by atoms with Crippen molar-refractivity contribution in [2.24, 2.45) is 5.73 Å². The van der Waals surface area contributed by atoms with Gasteiger partial charge in [-0.2, -0.15) is 0 Å². The lowest BCUT2D eigenvalue weighted by Gasteiger charge is -2.10. The fraction of sp³-hybridized carbons (Fsp3) is 0.538. The lowest BCUT2D eigenvalue weighted by atomic mass is 10.3. The molecular weight excluding hydrogens is 381 g/mol. The Balaban J connectivity index is 0.00000529. The van der Waals surface area contributed by atoms with E-state index in [4.69, 9.17) is 5.73 Å². The second kappa shape index (κ2) is 10.1. The van der Waals surface area contributed by atoms with Gasteiger partial charge in [-0.3, -0.25) is 4.72 Å². The van der Waals surface area contributed by atoms with Crippen LogP contribution in [0.3, 0.4) is 0 Å². The summed E-state index contributed by atoms with van der Waals surface area (Å²) in [7, 11) is -7.48. The molecule has 7 nitrogen and oxygen atoms in total. The highest BCUT2D eigenvalue weighted by Gasteiger charge is 2.18. The smallest absolute Gasteiger partial charge is 0.240 e. The number of rotatable bonds is 10. The molecule has 0 aromatic heterocycles. The number of benzene rings is 1. The van der Waals surface area contributed by atoms with E-state index in [1.807, 2.05) is 0 Å². The summed E-state index contributed by atoms with van der Waals surface area (Å²) in [5.41, 5.74) is 5.04. The van der Waals surface area contributed by atoms with E-state index in [2.05, 4.69) is 9.44 Å². The average molecular weight is 404 g/mol. The zero-order chi connectivity index (χ0) is 17.5. The van der Waals surface area contributed by atoms with E-state index in [1.54, 1.807) is 6.92 Å². The van der Waals surface area contributed by atoms with Gasteiger partial charge in [0, 0.05) is 6.54 Å². The molecular formula is C13H23ClFN3O4S2. The zero-order valence-electron chi connectivity index (χ0n) is 13.3. The van der Waals surface area contributed by atoms with E-state index in [0.29, 0.717) is 25.8 Å². The van der Waals surface area contributed by atoms with E-state index >= 15 is 0 Å². The standard InChI is InChI=1S/C13H22FN3O4S2.ClH/c1-2-9-22(18,19)17-13-6-5-11(10-12(13)14)23(20,21)16-8-4-3-7-15;/h5-6,10,16-17H,2-4,7-9,15H2,1H3;1H. The highest BCUT2D eigenvalue weighted by molar-refractivity contribution is 7.92. The first-order valence-electron chi connectivity index (χ1n) is 7.21. The molecule has 1 aromatic carbocycles. The van der Waals surface area contributed by atoms with Crippen LogP contribution in [-0.4, -0.2) is 35.7 Å². The molecule has 4 N–H and O–H groups in total. The van der Waals surface area contributed by atoms with Gasteiger partial charge in [0.1, 0.15) is 5.82 Å². The van der Waals surface area contributed by atoms with Crippen LogP contribution < -0.4 is 15.2 Å². The highest BCUT2D eigenvalue weighted by atomic mass is 35.5. The molecule has 0 saturated heterocycles. The molecule has 0 aliphatic rings. The van der Waals surface area contributed by atoms with Gasteiger partial charge in [0.05, 0.1) is 16.3 Å². The molecule has 0 spiro atoms. The van der Waals surface area contributed by atoms with Crippen LogP contribution in [0.1, 0.15) is 26.2 Å². The number of hydrogen-bond acceptors (Lipinski definition) is 5. The molecule has 1 aromatic rings. The third kappa shape index (κ3) is 7.31. The van der Waals surface area contributed by atoms with Crippen LogP contribution in [-0.2, 0) is 20.0 Å². The van der Waals surface area contributed by atoms with E-state index in [-0.39, 0.29) is 35.3 Å². The highest BCUT2D eigenvalue weighted by Crippen LogP contribution is 2.20. The summed E-state index contributed by atoms with van der Waals surface area (Å²) in [6.07, 6.45) is 1.64. The van der Waals surface area contributed by atoms with Gasteiger partial charge in [-0.15, -0.1) is 12.4 Å². The Morgan fingerprint density at radius 3 is 2.38 bits per heavy atom. The third-order valence-corrected chi connectivity index (χ3v) is 5.85. The number of halogens is 2. The topological polar surface area (TPSA) is 118 Å². The zero-order valence-corrected chi connectivity index (χ0v) is 15.7. The number of unbranched alkanes of at least 4 members (excludes halogenated alkanes) is 1. The fourth-order valence-electron chi connectivity index (χ4n) is 1.79. The Labute approximate surface area is 148 Å². The lowest BCUT2D eigenvalue weighted by molar-refractivity contribution is 0.574. The Hall–Kier alpha value is -0.940. The van der Waals surface area contributed by atoms with E-state index in [0.717, 1.165) is 18.2 Å². The Morgan fingerprint density at radius 1 is 1.17 bits per heavy atom. The maximum Gasteiger partial charge on any atom is 0.240 e. The van der Waals surface area contributed by atoms with E-state index < -0.39 is 25.9 Å². The molecule has 0 unspecified atom stereocenters. The molecule has 24 heavy (non-hydrogen) atoms. The molecule has 0 aliphatic carbocycles. The van der Waals surface area contributed by atoms with Crippen LogP contribution in [0.4, 0.5) is 10.1 Å². The Morgan fingerprint density at radius 2 is 1.83 bits per heavy atom. The molecule has 0 heterocycles. The minimum Gasteiger partial charge on any atom is -0.330 e. The van der Waals surface area contributed by atoms with Crippen LogP contribution in [0.5, 0.6) is 0 Å². The first-order valence-corrected chi connectivity index (χ1v) is 10.3. The largest absolute Gasteiger partial charge is 0.330 e. The van der Waals surface area contributed by atoms with Crippen molar-refractivity contribution >= 4 is 38.1 Å². The second-order valence-electron chi connectivity index (χ2n) is 4.96. The summed E-state index contributed by atoms with van der Waals surface area (Å²) in [4.78, 5) is -0.263. The average Bonchev–Trinajstić information content (AvgIpc) is 2.45. The van der Waals surface area contributed by atoms with Crippen molar-refractivity contribution in [3.05, 3.63) is 24.0 Å². The van der Waals surface area contributed by atoms with E-state index in [1.165, 1.54) is 0 Å². The fourth-order valence-corrected chi connectivity index (χ4v) is 4.02. The summed E-state index contributed by atoms with van der Waals surface area (Å²) in [6, 6.07) is 3.03. The summed E-state index contributed by atoms with van der Waals surface area (Å²) >= 11 is 0. The van der Waals surface area contributed by atoms with Gasteiger partial charge in [-0.05, 0) is 44.0 Å². The first kappa shape index (κ1) is 23.1. The van der Waals surface area contributed by atoms with Crippen molar-refractivity contribution in [3.8, 4) is 0 Å². The first-order chi connectivity index (χ1) is 10.7. The predicted molar refractivity (Wildman–Crippen MR) is 94.8 cm³/mol. The van der Waals surface area contributed by atoms with Gasteiger partial charge in [0.15, 0.2) is 0 Å². The van der Waals surface area contributed by atoms with Crippen molar-refractivity contribution in [1.29, 1.82) is 0 Å². The van der Waals surface area contributed by atoms with Gasteiger partial charge in [-0.25, -0.2) is 25.9 Å². The summed E-state index contributed by atoms with van der Waals surface area (Å²) < 4.78 is 65.6. The number of anilines is 1. The molecule has 0 radical (unpaired) electrons. The van der Waals surface area contributed by atoms with Crippen molar-refractivity contribution in [2.75, 3.05) is 23.6 Å². The maximum atomic E-state index is 14.0. The van der Waals surface area contributed by atoms with Gasteiger partial charge in [-0.1, -0.05) is 6.92 Å². The number of nitrogens with two attached hydrogens (primary N) is 1. The third-order valence-electron chi connectivity index (χ3n) is 2.91. The van der Waals surface area contributed by atoms with Gasteiger partial charge < -0.3 is 5.73 Å². The molecule has 0 bridgehead atoms. The molecule has 0 aliphatic heterocycles. The molecule has 0 fully saturated rings. The Bertz CT molecular complexity index is 727. The SMILES string of the molecule is CCCS(=O)(=O)Nc1ccc(S(=O)(=O)NCCCCN)cc1F.Cl. The van der Waals surface area contributed by atoms with Crippen LogP contribution in [0.15, 0.2) is 23.1 Å². The Kier molecular flexibility index (Phi) is 9.74. The number of hydrogen-bond donors (Lipinski definition) is 3. The van der Waals surface area contributed by atoms with Crippen LogP contribution in [0, 0.1) is 5.82 Å². The molecule has 140 valence electrons. The maximum absolute atomic E-state index is 14.0. The minimum absolute atomic E-state index is 0. The number of sulfonamides is 2. The van der Waals surface area contributed by atoms with Gasteiger partial charge in [0.2, 0.25) is 20.0 Å². The van der Waals surface area contributed by atoms with Crippen molar-refractivity contribution in [3.63, 3.8) is 0 Å². The van der Waals surface area contributed by atoms with Crippen LogP contribution in [0.2, 0.25) is 0 Å². The summed E-state index contributed by atoms with van der Waals surface area (Å²) in [5.74, 6) is -1.09.